The lowest BCUT2D eigenvalue weighted by molar-refractivity contribution is -0.140. The fourth-order valence-corrected chi connectivity index (χ4v) is 3.84. The Morgan fingerprint density at radius 2 is 1.84 bits per heavy atom. The largest absolute Gasteiger partial charge is 0.507 e. The summed E-state index contributed by atoms with van der Waals surface area (Å²) in [5.74, 6) is -0.372. The van der Waals surface area contributed by atoms with Crippen molar-refractivity contribution in [1.29, 1.82) is 0 Å². The average molecular weight is 440 g/mol. The van der Waals surface area contributed by atoms with Gasteiger partial charge in [0.2, 0.25) is 0 Å². The molecule has 1 unspecified atom stereocenters. The van der Waals surface area contributed by atoms with E-state index in [1.54, 1.807) is 50.6 Å². The van der Waals surface area contributed by atoms with Gasteiger partial charge in [0.15, 0.2) is 0 Å². The first-order valence-electron chi connectivity index (χ1n) is 10.5. The van der Waals surface area contributed by atoms with Crippen molar-refractivity contribution in [3.8, 4) is 11.5 Å². The molecule has 32 heavy (non-hydrogen) atoms. The van der Waals surface area contributed by atoms with Gasteiger partial charge in [0.25, 0.3) is 11.7 Å². The van der Waals surface area contributed by atoms with Crippen LogP contribution in [0.1, 0.15) is 36.6 Å². The van der Waals surface area contributed by atoms with Crippen LogP contribution in [0.15, 0.2) is 48.0 Å². The minimum absolute atomic E-state index is 0.00985. The van der Waals surface area contributed by atoms with Crippen LogP contribution in [0, 0.1) is 6.92 Å². The summed E-state index contributed by atoms with van der Waals surface area (Å²) < 4.78 is 16.2. The average Bonchev–Trinajstić information content (AvgIpc) is 3.03. The Labute approximate surface area is 188 Å². The molecule has 0 radical (unpaired) electrons. The summed E-state index contributed by atoms with van der Waals surface area (Å²) in [6, 6.07) is 11.5. The monoisotopic (exact) mass is 439 g/mol. The maximum absolute atomic E-state index is 13.1. The van der Waals surface area contributed by atoms with Gasteiger partial charge in [-0.05, 0) is 62.2 Å². The van der Waals surface area contributed by atoms with Crippen LogP contribution < -0.4 is 9.47 Å². The second-order valence-corrected chi connectivity index (χ2v) is 7.87. The zero-order chi connectivity index (χ0) is 23.4. The molecular formula is C25H29NO6. The molecule has 1 amide bonds. The fraction of sp³-hybridized carbons (Fsp3) is 0.360. The number of nitrogens with zero attached hydrogens (tertiary/aromatic N) is 1. The number of benzene rings is 2. The Bertz CT molecular complexity index is 1040. The molecule has 0 aliphatic carbocycles. The third-order valence-corrected chi connectivity index (χ3v) is 5.40. The van der Waals surface area contributed by atoms with E-state index >= 15 is 0 Å². The molecule has 0 spiro atoms. The molecule has 1 aliphatic rings. The highest BCUT2D eigenvalue weighted by molar-refractivity contribution is 6.46. The van der Waals surface area contributed by atoms with Crippen LogP contribution >= 0.6 is 0 Å². The predicted octanol–water partition coefficient (Wildman–Crippen LogP) is 3.86. The Hall–Kier alpha value is -3.32. The van der Waals surface area contributed by atoms with Crippen LogP contribution in [-0.4, -0.2) is 55.2 Å². The molecule has 1 saturated heterocycles. The van der Waals surface area contributed by atoms with Crippen molar-refractivity contribution in [3.63, 3.8) is 0 Å². The summed E-state index contributed by atoms with van der Waals surface area (Å²) in [5, 5.41) is 11.2. The number of methoxy groups -OCH3 is 2. The van der Waals surface area contributed by atoms with Gasteiger partial charge in [-0.2, -0.15) is 0 Å². The van der Waals surface area contributed by atoms with Crippen molar-refractivity contribution in [2.45, 2.75) is 32.9 Å². The van der Waals surface area contributed by atoms with Gasteiger partial charge in [-0.3, -0.25) is 9.59 Å². The number of ether oxygens (including phenoxy) is 3. The molecule has 7 heteroatoms. The molecular weight excluding hydrogens is 410 g/mol. The number of hydrogen-bond acceptors (Lipinski definition) is 6. The van der Waals surface area contributed by atoms with Crippen LogP contribution in [0.5, 0.6) is 11.5 Å². The lowest BCUT2D eigenvalue weighted by Gasteiger charge is -2.26. The van der Waals surface area contributed by atoms with E-state index in [-0.39, 0.29) is 30.6 Å². The summed E-state index contributed by atoms with van der Waals surface area (Å²) in [7, 11) is 3.11. The number of likely N-dealkylation sites (tertiary alicyclic amines) is 1. The first-order valence-corrected chi connectivity index (χ1v) is 10.5. The quantitative estimate of drug-likeness (QED) is 0.382. The van der Waals surface area contributed by atoms with E-state index in [0.717, 1.165) is 5.56 Å². The van der Waals surface area contributed by atoms with Gasteiger partial charge in [0.1, 0.15) is 17.3 Å². The number of aliphatic hydroxyl groups is 1. The second-order valence-electron chi connectivity index (χ2n) is 7.87. The topological polar surface area (TPSA) is 85.3 Å². The lowest BCUT2D eigenvalue weighted by atomic mass is 9.94. The van der Waals surface area contributed by atoms with Gasteiger partial charge in [-0.15, -0.1) is 0 Å². The van der Waals surface area contributed by atoms with E-state index in [1.807, 2.05) is 26.8 Å². The van der Waals surface area contributed by atoms with Crippen LogP contribution in [0.25, 0.3) is 5.76 Å². The van der Waals surface area contributed by atoms with Crippen molar-refractivity contribution in [1.82, 2.24) is 4.90 Å². The van der Waals surface area contributed by atoms with Crippen molar-refractivity contribution in [3.05, 3.63) is 64.7 Å². The summed E-state index contributed by atoms with van der Waals surface area (Å²) in [6.07, 6.45) is -0.00985. The minimum Gasteiger partial charge on any atom is -0.507 e. The summed E-state index contributed by atoms with van der Waals surface area (Å²) in [4.78, 5) is 27.5. The van der Waals surface area contributed by atoms with Crippen molar-refractivity contribution >= 4 is 17.4 Å². The molecule has 2 aromatic rings. The minimum atomic E-state index is -0.761. The fourth-order valence-electron chi connectivity index (χ4n) is 3.84. The summed E-state index contributed by atoms with van der Waals surface area (Å²) in [5.41, 5.74) is 1.94. The van der Waals surface area contributed by atoms with Crippen molar-refractivity contribution in [2.24, 2.45) is 0 Å². The smallest absolute Gasteiger partial charge is 0.295 e. The first-order chi connectivity index (χ1) is 15.3. The maximum atomic E-state index is 13.1. The lowest BCUT2D eigenvalue weighted by Crippen LogP contribution is -2.33. The molecule has 1 N–H and O–H groups in total. The van der Waals surface area contributed by atoms with Gasteiger partial charge in [0, 0.05) is 12.1 Å². The van der Waals surface area contributed by atoms with Gasteiger partial charge in [-0.25, -0.2) is 0 Å². The van der Waals surface area contributed by atoms with Crippen LogP contribution in [0.3, 0.4) is 0 Å². The number of carbonyl (C=O) groups excluding carboxylic acids is 2. The third kappa shape index (κ3) is 4.62. The number of carbonyl (C=O) groups is 2. The molecule has 170 valence electrons. The number of rotatable bonds is 8. The van der Waals surface area contributed by atoms with E-state index in [4.69, 9.17) is 14.2 Å². The molecule has 2 aromatic carbocycles. The van der Waals surface area contributed by atoms with Gasteiger partial charge < -0.3 is 24.2 Å². The van der Waals surface area contributed by atoms with E-state index in [2.05, 4.69) is 0 Å². The molecule has 1 aliphatic heterocycles. The second kappa shape index (κ2) is 9.87. The summed E-state index contributed by atoms with van der Waals surface area (Å²) >= 11 is 0. The van der Waals surface area contributed by atoms with Crippen molar-refractivity contribution < 1.29 is 28.9 Å². The molecule has 0 saturated carbocycles. The first kappa shape index (κ1) is 23.3. The number of Topliss-reactive ketones (excluding diaryl/α,β-unsaturated/α-hetero) is 1. The molecule has 3 rings (SSSR count). The van der Waals surface area contributed by atoms with Gasteiger partial charge >= 0.3 is 0 Å². The van der Waals surface area contributed by atoms with E-state index in [1.165, 1.54) is 4.90 Å². The number of aryl methyl sites for hydroxylation is 1. The Balaban J connectivity index is 2.12. The SMILES string of the molecule is COc1cccc(C2/C(=C(/O)c3ccc(OC)c(C)c3)C(=O)C(=O)N2CCOC(C)C)c1. The highest BCUT2D eigenvalue weighted by Crippen LogP contribution is 2.40. The standard InChI is InChI=1S/C25H29NO6/c1-15(2)32-12-11-26-22(17-7-6-8-19(14-17)30-4)21(24(28)25(26)29)23(27)18-9-10-20(31-5)16(3)13-18/h6-10,13-15,22,27H,11-12H2,1-5H3/b23-21-. The number of aliphatic hydroxyl groups excluding tert-OH is 1. The molecule has 0 aromatic heterocycles. The maximum Gasteiger partial charge on any atom is 0.295 e. The highest BCUT2D eigenvalue weighted by Gasteiger charge is 2.46. The van der Waals surface area contributed by atoms with E-state index < -0.39 is 17.7 Å². The number of ketones is 1. The van der Waals surface area contributed by atoms with Crippen LogP contribution in [-0.2, 0) is 14.3 Å². The molecule has 1 heterocycles. The van der Waals surface area contributed by atoms with Gasteiger partial charge in [0.05, 0.1) is 38.5 Å². The van der Waals surface area contributed by atoms with E-state index in [9.17, 15) is 14.7 Å². The van der Waals surface area contributed by atoms with Crippen LogP contribution in [0.2, 0.25) is 0 Å². The van der Waals surface area contributed by atoms with E-state index in [0.29, 0.717) is 22.6 Å². The molecule has 1 atom stereocenters. The summed E-state index contributed by atoms with van der Waals surface area (Å²) in [6.45, 7) is 6.13. The molecule has 1 fully saturated rings. The number of hydrogen-bond donors (Lipinski definition) is 1. The Kier molecular flexibility index (Phi) is 7.20. The molecule has 0 bridgehead atoms. The zero-order valence-corrected chi connectivity index (χ0v) is 19.0. The van der Waals surface area contributed by atoms with Crippen molar-refractivity contribution in [2.75, 3.05) is 27.4 Å². The zero-order valence-electron chi connectivity index (χ0n) is 19.0. The number of amides is 1. The molecule has 7 nitrogen and oxygen atoms in total. The highest BCUT2D eigenvalue weighted by atomic mass is 16.5. The van der Waals surface area contributed by atoms with Crippen LogP contribution in [0.4, 0.5) is 0 Å². The Morgan fingerprint density at radius 3 is 2.47 bits per heavy atom. The predicted molar refractivity (Wildman–Crippen MR) is 121 cm³/mol. The Morgan fingerprint density at radius 1 is 1.09 bits per heavy atom. The van der Waals surface area contributed by atoms with Gasteiger partial charge in [-0.1, -0.05) is 12.1 Å². The third-order valence-electron chi connectivity index (χ3n) is 5.40. The normalized spacial score (nSPS) is 17.8.